The average molecular weight is 444 g/mol. The summed E-state index contributed by atoms with van der Waals surface area (Å²) in [6.07, 6.45) is 5.02. The number of methoxy groups -OCH3 is 1. The molecule has 4 rings (SSSR count). The van der Waals surface area contributed by atoms with Crippen LogP contribution in [0.2, 0.25) is 5.02 Å². The van der Waals surface area contributed by atoms with Crippen LogP contribution in [0, 0.1) is 0 Å². The minimum absolute atomic E-state index is 0.248. The molecule has 2 aromatic rings. The Hall–Kier alpha value is -2.15. The van der Waals surface area contributed by atoms with Crippen molar-refractivity contribution in [2.24, 2.45) is 0 Å². The summed E-state index contributed by atoms with van der Waals surface area (Å²) in [5, 5.41) is 0.770. The van der Waals surface area contributed by atoms with Gasteiger partial charge in [0, 0.05) is 42.9 Å². The van der Waals surface area contributed by atoms with Crippen LogP contribution in [0.15, 0.2) is 42.6 Å². The number of halogens is 1. The summed E-state index contributed by atoms with van der Waals surface area (Å²) in [5.41, 5.74) is 1.83. The van der Waals surface area contributed by atoms with Gasteiger partial charge in [0.15, 0.2) is 0 Å². The standard InChI is InChI=1S/C24H30ClN3O3/c1-17-15-28(22(16-31-17)13-18-3-5-20(25)6-4-18)21-8-11-27(12-9-21)23-14-19(7-10-26-23)24(29)30-2/h3-7,10,14,17,21-22H,8-9,11-13,15-16H2,1-2H3/t17-,22-/m0/s1. The van der Waals surface area contributed by atoms with Crippen LogP contribution in [0.4, 0.5) is 5.82 Å². The normalized spacial score (nSPS) is 23.0. The number of ether oxygens (including phenoxy) is 2. The van der Waals surface area contributed by atoms with E-state index in [1.807, 2.05) is 18.2 Å². The monoisotopic (exact) mass is 443 g/mol. The van der Waals surface area contributed by atoms with E-state index in [9.17, 15) is 4.79 Å². The van der Waals surface area contributed by atoms with E-state index in [0.29, 0.717) is 17.6 Å². The van der Waals surface area contributed by atoms with Crippen LogP contribution in [-0.4, -0.2) is 67.4 Å². The number of carbonyl (C=O) groups excluding carboxylic acids is 1. The minimum Gasteiger partial charge on any atom is -0.465 e. The van der Waals surface area contributed by atoms with Crippen molar-refractivity contribution >= 4 is 23.4 Å². The van der Waals surface area contributed by atoms with Gasteiger partial charge in [-0.2, -0.15) is 0 Å². The highest BCUT2D eigenvalue weighted by Gasteiger charge is 2.34. The van der Waals surface area contributed by atoms with E-state index in [1.54, 1.807) is 12.3 Å². The molecular weight excluding hydrogens is 414 g/mol. The second kappa shape index (κ2) is 9.98. The number of hydrogen-bond donors (Lipinski definition) is 0. The van der Waals surface area contributed by atoms with Crippen LogP contribution in [0.5, 0.6) is 0 Å². The molecule has 0 amide bonds. The van der Waals surface area contributed by atoms with Gasteiger partial charge < -0.3 is 14.4 Å². The quantitative estimate of drug-likeness (QED) is 0.655. The third-order valence-corrected chi connectivity index (χ3v) is 6.57. The summed E-state index contributed by atoms with van der Waals surface area (Å²) in [6, 6.07) is 12.6. The largest absolute Gasteiger partial charge is 0.465 e. The molecule has 0 unspecified atom stereocenters. The number of morpholine rings is 1. The fourth-order valence-corrected chi connectivity index (χ4v) is 4.77. The Labute approximate surface area is 189 Å². The first kappa shape index (κ1) is 22.1. The van der Waals surface area contributed by atoms with E-state index in [2.05, 4.69) is 33.8 Å². The average Bonchev–Trinajstić information content (AvgIpc) is 2.81. The van der Waals surface area contributed by atoms with Crippen LogP contribution in [-0.2, 0) is 15.9 Å². The van der Waals surface area contributed by atoms with Crippen molar-refractivity contribution in [3.8, 4) is 0 Å². The molecule has 2 aliphatic heterocycles. The summed E-state index contributed by atoms with van der Waals surface area (Å²) >= 11 is 6.05. The van der Waals surface area contributed by atoms with Crippen LogP contribution >= 0.6 is 11.6 Å². The maximum atomic E-state index is 11.8. The number of rotatable bonds is 5. The van der Waals surface area contributed by atoms with Crippen molar-refractivity contribution in [2.75, 3.05) is 38.3 Å². The van der Waals surface area contributed by atoms with E-state index < -0.39 is 0 Å². The third kappa shape index (κ3) is 5.37. The third-order valence-electron chi connectivity index (χ3n) is 6.32. The van der Waals surface area contributed by atoms with Gasteiger partial charge in [0.1, 0.15) is 5.82 Å². The zero-order chi connectivity index (χ0) is 21.8. The number of pyridine rings is 1. The van der Waals surface area contributed by atoms with Gasteiger partial charge >= 0.3 is 5.97 Å². The second-order valence-corrected chi connectivity index (χ2v) is 8.87. The Kier molecular flexibility index (Phi) is 7.10. The number of benzene rings is 1. The number of anilines is 1. The number of aromatic nitrogens is 1. The molecule has 2 fully saturated rings. The molecule has 1 aromatic carbocycles. The zero-order valence-corrected chi connectivity index (χ0v) is 18.9. The molecule has 6 nitrogen and oxygen atoms in total. The predicted octanol–water partition coefficient (Wildman–Crippen LogP) is 3.82. The maximum absolute atomic E-state index is 11.8. The first-order valence-electron chi connectivity index (χ1n) is 10.9. The zero-order valence-electron chi connectivity index (χ0n) is 18.2. The molecule has 2 aliphatic rings. The number of carbonyl (C=O) groups is 1. The van der Waals surface area contributed by atoms with Crippen LogP contribution < -0.4 is 4.90 Å². The van der Waals surface area contributed by atoms with Gasteiger partial charge in [0.25, 0.3) is 0 Å². The highest BCUT2D eigenvalue weighted by molar-refractivity contribution is 6.30. The summed E-state index contributed by atoms with van der Waals surface area (Å²) in [6.45, 7) is 5.71. The molecule has 2 atom stereocenters. The van der Waals surface area contributed by atoms with Crippen molar-refractivity contribution in [2.45, 2.75) is 44.4 Å². The number of esters is 1. The topological polar surface area (TPSA) is 54.9 Å². The lowest BCUT2D eigenvalue weighted by atomic mass is 9.96. The molecule has 1 aromatic heterocycles. The van der Waals surface area contributed by atoms with Crippen molar-refractivity contribution in [3.05, 3.63) is 58.7 Å². The lowest BCUT2D eigenvalue weighted by molar-refractivity contribution is -0.0745. The van der Waals surface area contributed by atoms with Gasteiger partial charge in [-0.25, -0.2) is 9.78 Å². The highest BCUT2D eigenvalue weighted by atomic mass is 35.5. The molecule has 0 saturated carbocycles. The summed E-state index contributed by atoms with van der Waals surface area (Å²) < 4.78 is 10.9. The lowest BCUT2D eigenvalue weighted by Gasteiger charge is -2.46. The van der Waals surface area contributed by atoms with Gasteiger partial charge in [-0.3, -0.25) is 4.90 Å². The van der Waals surface area contributed by atoms with E-state index in [1.165, 1.54) is 12.7 Å². The first-order chi connectivity index (χ1) is 15.0. The Morgan fingerprint density at radius 1 is 1.23 bits per heavy atom. The van der Waals surface area contributed by atoms with Crippen molar-refractivity contribution in [3.63, 3.8) is 0 Å². The Balaban J connectivity index is 1.41. The van der Waals surface area contributed by atoms with E-state index in [0.717, 1.165) is 56.3 Å². The second-order valence-electron chi connectivity index (χ2n) is 8.44. The molecule has 0 radical (unpaired) electrons. The van der Waals surface area contributed by atoms with Gasteiger partial charge in [-0.15, -0.1) is 0 Å². The minimum atomic E-state index is -0.328. The summed E-state index contributed by atoms with van der Waals surface area (Å²) in [5.74, 6) is 0.514. The lowest BCUT2D eigenvalue weighted by Crippen LogP contribution is -2.56. The van der Waals surface area contributed by atoms with Crippen molar-refractivity contribution < 1.29 is 14.3 Å². The van der Waals surface area contributed by atoms with Crippen molar-refractivity contribution in [1.29, 1.82) is 0 Å². The van der Waals surface area contributed by atoms with Crippen LogP contribution in [0.3, 0.4) is 0 Å². The molecule has 166 valence electrons. The molecule has 0 N–H and O–H groups in total. The van der Waals surface area contributed by atoms with E-state index in [4.69, 9.17) is 21.1 Å². The Morgan fingerprint density at radius 3 is 2.68 bits per heavy atom. The van der Waals surface area contributed by atoms with Crippen LogP contribution in [0.25, 0.3) is 0 Å². The SMILES string of the molecule is COC(=O)c1ccnc(N2CCC(N3C[C@H](C)OC[C@@H]3Cc3ccc(Cl)cc3)CC2)c1. The number of hydrogen-bond acceptors (Lipinski definition) is 6. The molecule has 7 heteroatoms. The maximum Gasteiger partial charge on any atom is 0.338 e. The highest BCUT2D eigenvalue weighted by Crippen LogP contribution is 2.27. The fourth-order valence-electron chi connectivity index (χ4n) is 4.65. The van der Waals surface area contributed by atoms with Gasteiger partial charge in [-0.05, 0) is 56.0 Å². The molecule has 0 aliphatic carbocycles. The molecule has 2 saturated heterocycles. The Morgan fingerprint density at radius 2 is 1.97 bits per heavy atom. The molecular formula is C24H30ClN3O3. The van der Waals surface area contributed by atoms with E-state index >= 15 is 0 Å². The van der Waals surface area contributed by atoms with Crippen molar-refractivity contribution in [1.82, 2.24) is 9.88 Å². The molecule has 0 bridgehead atoms. The van der Waals surface area contributed by atoms with Gasteiger partial charge in [-0.1, -0.05) is 23.7 Å². The smallest absolute Gasteiger partial charge is 0.338 e. The van der Waals surface area contributed by atoms with Gasteiger partial charge in [0.2, 0.25) is 0 Å². The molecule has 31 heavy (non-hydrogen) atoms. The predicted molar refractivity (Wildman–Crippen MR) is 122 cm³/mol. The van der Waals surface area contributed by atoms with Crippen LogP contribution in [0.1, 0.15) is 35.7 Å². The van der Waals surface area contributed by atoms with E-state index in [-0.39, 0.29) is 12.1 Å². The summed E-state index contributed by atoms with van der Waals surface area (Å²) in [7, 11) is 1.40. The Bertz CT molecular complexity index is 884. The molecule has 3 heterocycles. The first-order valence-corrected chi connectivity index (χ1v) is 11.3. The fraction of sp³-hybridized carbons (Fsp3) is 0.500. The number of piperidine rings is 1. The summed E-state index contributed by atoms with van der Waals surface area (Å²) in [4.78, 5) is 21.2. The number of nitrogens with zero attached hydrogens (tertiary/aromatic N) is 3. The molecule has 0 spiro atoms. The van der Waals surface area contributed by atoms with Gasteiger partial charge in [0.05, 0.1) is 25.4 Å².